The number of carbonyl (C=O) groups is 3. The van der Waals surface area contributed by atoms with Gasteiger partial charge in [-0.3, -0.25) is 14.4 Å². The highest BCUT2D eigenvalue weighted by atomic mass is 19.4. The predicted molar refractivity (Wildman–Crippen MR) is 168 cm³/mol. The van der Waals surface area contributed by atoms with Crippen LogP contribution in [0.4, 0.5) is 18.9 Å². The minimum absolute atomic E-state index is 0.0142. The van der Waals surface area contributed by atoms with E-state index in [4.69, 9.17) is 20.4 Å². The van der Waals surface area contributed by atoms with Gasteiger partial charge in [-0.1, -0.05) is 49.3 Å². The van der Waals surface area contributed by atoms with E-state index < -0.39 is 41.5 Å². The third-order valence-corrected chi connectivity index (χ3v) is 6.15. The first-order valence-corrected chi connectivity index (χ1v) is 14.3. The van der Waals surface area contributed by atoms with Crippen LogP contribution < -0.4 is 15.8 Å². The zero-order valence-electron chi connectivity index (χ0n) is 26.6. The molecular formula is C33H39F3N4O6. The summed E-state index contributed by atoms with van der Waals surface area (Å²) >= 11 is 0. The molecular weight excluding hydrogens is 605 g/mol. The van der Waals surface area contributed by atoms with Crippen molar-refractivity contribution in [1.29, 1.82) is 0 Å². The van der Waals surface area contributed by atoms with E-state index in [1.54, 1.807) is 45.0 Å². The molecule has 0 bridgehead atoms. The topological polar surface area (TPSA) is 144 Å². The maximum absolute atomic E-state index is 13.5. The van der Waals surface area contributed by atoms with Crippen molar-refractivity contribution in [3.63, 3.8) is 0 Å². The summed E-state index contributed by atoms with van der Waals surface area (Å²) in [5.74, 6) is -1.90. The van der Waals surface area contributed by atoms with Gasteiger partial charge in [0.2, 0.25) is 5.91 Å². The summed E-state index contributed by atoms with van der Waals surface area (Å²) < 4.78 is 50.8. The van der Waals surface area contributed by atoms with Crippen molar-refractivity contribution in [2.75, 3.05) is 19.0 Å². The number of anilines is 1. The van der Waals surface area contributed by atoms with Gasteiger partial charge in [0, 0.05) is 23.4 Å². The van der Waals surface area contributed by atoms with Gasteiger partial charge >= 0.3 is 12.1 Å². The van der Waals surface area contributed by atoms with E-state index in [2.05, 4.69) is 10.5 Å². The maximum atomic E-state index is 13.5. The van der Waals surface area contributed by atoms with Crippen LogP contribution in [-0.4, -0.2) is 53.0 Å². The van der Waals surface area contributed by atoms with Crippen molar-refractivity contribution >= 4 is 29.3 Å². The van der Waals surface area contributed by atoms with Gasteiger partial charge in [-0.2, -0.15) is 13.2 Å². The van der Waals surface area contributed by atoms with Crippen LogP contribution in [-0.2, 0) is 33.5 Å². The Hall–Kier alpha value is -5.07. The Morgan fingerprint density at radius 1 is 0.935 bits per heavy atom. The first kappa shape index (κ1) is 37.1. The van der Waals surface area contributed by atoms with Gasteiger partial charge in [-0.05, 0) is 68.3 Å². The lowest BCUT2D eigenvalue weighted by atomic mass is 10.0. The van der Waals surface area contributed by atoms with Crippen molar-refractivity contribution in [3.8, 4) is 5.75 Å². The average molecular weight is 645 g/mol. The Bertz CT molecular complexity index is 1520. The second kappa shape index (κ2) is 16.3. The molecule has 0 aliphatic carbocycles. The zero-order chi connectivity index (χ0) is 34.7. The van der Waals surface area contributed by atoms with E-state index in [-0.39, 0.29) is 41.5 Å². The molecule has 0 spiro atoms. The van der Waals surface area contributed by atoms with Gasteiger partial charge in [0.25, 0.3) is 5.91 Å². The summed E-state index contributed by atoms with van der Waals surface area (Å²) in [5, 5.41) is 14.4. The third kappa shape index (κ3) is 11.1. The molecule has 13 heteroatoms. The lowest BCUT2D eigenvalue weighted by Gasteiger charge is -2.25. The second-order valence-electron chi connectivity index (χ2n) is 10.8. The number of nitrogens with two attached hydrogens (primary N) is 1. The van der Waals surface area contributed by atoms with Gasteiger partial charge in [-0.15, -0.1) is 0 Å². The van der Waals surface area contributed by atoms with E-state index in [0.29, 0.717) is 11.1 Å². The first-order valence-electron chi connectivity index (χ1n) is 14.3. The number of halogens is 3. The van der Waals surface area contributed by atoms with Crippen LogP contribution in [0.25, 0.3) is 0 Å². The standard InChI is InChI=1S/C31H33F3N4O6.C2H6/c1-30(2,3)44-27(40)18-38(17-19-5-7-20(8-6-19)28(35)37-42)29(41)21-9-12-23(13-10-21)36-26(39)15-22-11-14-24(43-4)16-25(22)31(32,33)34;1-2/h5-14,16,42H,15,17-18H2,1-4H3,(H2,35,37)(H,36,39);1-2H3. The van der Waals surface area contributed by atoms with Crippen LogP contribution in [0.15, 0.2) is 71.9 Å². The Balaban J connectivity index is 0.00000361. The Morgan fingerprint density at radius 3 is 2.04 bits per heavy atom. The number of ether oxygens (including phenoxy) is 2. The Kier molecular flexibility index (Phi) is 13.2. The molecule has 10 nitrogen and oxygen atoms in total. The number of esters is 1. The highest BCUT2D eigenvalue weighted by molar-refractivity contribution is 5.98. The number of amidine groups is 1. The molecule has 0 radical (unpaired) electrons. The van der Waals surface area contributed by atoms with E-state index in [1.807, 2.05) is 13.8 Å². The maximum Gasteiger partial charge on any atom is 0.416 e. The molecule has 3 rings (SSSR count). The molecule has 0 saturated carbocycles. The van der Waals surface area contributed by atoms with Crippen molar-refractivity contribution in [1.82, 2.24) is 4.90 Å². The molecule has 3 aromatic carbocycles. The minimum atomic E-state index is -4.68. The number of oxime groups is 1. The van der Waals surface area contributed by atoms with Crippen molar-refractivity contribution in [3.05, 3.63) is 94.5 Å². The number of alkyl halides is 3. The lowest BCUT2D eigenvalue weighted by molar-refractivity contribution is -0.155. The first-order chi connectivity index (χ1) is 21.6. The van der Waals surface area contributed by atoms with Crippen LogP contribution in [0.5, 0.6) is 5.75 Å². The van der Waals surface area contributed by atoms with E-state index in [0.717, 1.165) is 6.07 Å². The Labute approximate surface area is 266 Å². The SMILES string of the molecule is CC.COc1ccc(CC(=O)Nc2ccc(C(=O)N(CC(=O)OC(C)(C)C)Cc3ccc(/C(N)=N/O)cc3)cc2)c(C(F)(F)F)c1. The minimum Gasteiger partial charge on any atom is -0.497 e. The molecule has 4 N–H and O–H groups in total. The van der Waals surface area contributed by atoms with Gasteiger partial charge in [0.05, 0.1) is 19.1 Å². The Morgan fingerprint density at radius 2 is 1.52 bits per heavy atom. The van der Waals surface area contributed by atoms with Crippen LogP contribution in [0.2, 0.25) is 0 Å². The summed E-state index contributed by atoms with van der Waals surface area (Å²) in [7, 11) is 1.25. The molecule has 3 aromatic rings. The molecule has 46 heavy (non-hydrogen) atoms. The second-order valence-corrected chi connectivity index (χ2v) is 10.8. The number of hydrogen-bond donors (Lipinski definition) is 3. The monoisotopic (exact) mass is 644 g/mol. The number of carbonyl (C=O) groups excluding carboxylic acids is 3. The molecule has 0 aliphatic rings. The van der Waals surface area contributed by atoms with Gasteiger partial charge in [-0.25, -0.2) is 0 Å². The molecule has 0 saturated heterocycles. The molecule has 0 aliphatic heterocycles. The number of rotatable bonds is 10. The number of nitrogens with zero attached hydrogens (tertiary/aromatic N) is 2. The number of methoxy groups -OCH3 is 1. The normalized spacial score (nSPS) is 11.5. The van der Waals surface area contributed by atoms with E-state index in [1.165, 1.54) is 48.4 Å². The molecule has 0 unspecified atom stereocenters. The van der Waals surface area contributed by atoms with Crippen molar-refractivity contribution < 1.29 is 42.2 Å². The average Bonchev–Trinajstić information content (AvgIpc) is 3.00. The van der Waals surface area contributed by atoms with Crippen LogP contribution in [0, 0.1) is 0 Å². The largest absolute Gasteiger partial charge is 0.497 e. The third-order valence-electron chi connectivity index (χ3n) is 6.15. The van der Waals surface area contributed by atoms with Crippen LogP contribution in [0.3, 0.4) is 0 Å². The summed E-state index contributed by atoms with van der Waals surface area (Å²) in [6, 6.07) is 15.6. The van der Waals surface area contributed by atoms with Crippen molar-refractivity contribution in [2.45, 2.75) is 59.4 Å². The molecule has 248 valence electrons. The fraction of sp³-hybridized carbons (Fsp3) is 0.333. The van der Waals surface area contributed by atoms with Crippen molar-refractivity contribution in [2.24, 2.45) is 10.9 Å². The summed E-state index contributed by atoms with van der Waals surface area (Å²) in [4.78, 5) is 40.0. The molecule has 0 atom stereocenters. The number of benzene rings is 3. The number of amides is 2. The van der Waals surface area contributed by atoms with Crippen LogP contribution in [0.1, 0.15) is 67.2 Å². The predicted octanol–water partition coefficient (Wildman–Crippen LogP) is 6.00. The van der Waals surface area contributed by atoms with Crippen LogP contribution >= 0.6 is 0 Å². The fourth-order valence-electron chi connectivity index (χ4n) is 4.15. The summed E-state index contributed by atoms with van der Waals surface area (Å²) in [6.45, 7) is 8.77. The summed E-state index contributed by atoms with van der Waals surface area (Å²) in [5.41, 5.74) is 5.19. The number of hydrogen-bond acceptors (Lipinski definition) is 7. The quantitative estimate of drug-likeness (QED) is 0.0808. The smallest absolute Gasteiger partial charge is 0.416 e. The van der Waals surface area contributed by atoms with Gasteiger partial charge < -0.3 is 30.6 Å². The summed E-state index contributed by atoms with van der Waals surface area (Å²) in [6.07, 6.45) is -5.22. The fourth-order valence-corrected chi connectivity index (χ4v) is 4.15. The zero-order valence-corrected chi connectivity index (χ0v) is 26.6. The molecule has 0 heterocycles. The highest BCUT2D eigenvalue weighted by Crippen LogP contribution is 2.34. The molecule has 0 aromatic heterocycles. The van der Waals surface area contributed by atoms with E-state index >= 15 is 0 Å². The lowest BCUT2D eigenvalue weighted by Crippen LogP contribution is -2.38. The van der Waals surface area contributed by atoms with Gasteiger partial charge in [0.15, 0.2) is 5.84 Å². The van der Waals surface area contributed by atoms with E-state index in [9.17, 15) is 27.6 Å². The highest BCUT2D eigenvalue weighted by Gasteiger charge is 2.34. The number of nitrogens with one attached hydrogen (secondary N) is 1. The molecule has 2 amide bonds. The van der Waals surface area contributed by atoms with Gasteiger partial charge in [0.1, 0.15) is 17.9 Å². The molecule has 0 fully saturated rings.